The monoisotopic (exact) mass is 214 g/mol. The number of likely N-dealkylation sites (tertiary alicyclic amines) is 1. The minimum Gasteiger partial charge on any atom is -0.480 e. The molecular formula is C10H18N2O3. The molecule has 15 heavy (non-hydrogen) atoms. The van der Waals surface area contributed by atoms with Crippen LogP contribution in [0.15, 0.2) is 0 Å². The molecule has 0 bridgehead atoms. The molecule has 1 saturated heterocycles. The minimum atomic E-state index is -0.790. The molecule has 1 amide bonds. The summed E-state index contributed by atoms with van der Waals surface area (Å²) in [6.45, 7) is 1.22. The number of nitrogens with zero attached hydrogens (tertiary/aromatic N) is 1. The van der Waals surface area contributed by atoms with E-state index in [-0.39, 0.29) is 12.3 Å². The van der Waals surface area contributed by atoms with E-state index < -0.39 is 12.0 Å². The summed E-state index contributed by atoms with van der Waals surface area (Å²) in [5.74, 6) is -1.16. The molecule has 1 aliphatic heterocycles. The maximum Gasteiger partial charge on any atom is 0.320 e. The molecule has 0 aliphatic carbocycles. The van der Waals surface area contributed by atoms with E-state index in [9.17, 15) is 9.59 Å². The van der Waals surface area contributed by atoms with Gasteiger partial charge in [0.2, 0.25) is 5.91 Å². The number of hydrogen-bond acceptors (Lipinski definition) is 3. The van der Waals surface area contributed by atoms with Crippen molar-refractivity contribution < 1.29 is 14.7 Å². The van der Waals surface area contributed by atoms with Gasteiger partial charge in [0, 0.05) is 13.0 Å². The molecule has 0 radical (unpaired) electrons. The van der Waals surface area contributed by atoms with Crippen molar-refractivity contribution in [2.45, 2.75) is 38.1 Å². The van der Waals surface area contributed by atoms with E-state index in [4.69, 9.17) is 10.8 Å². The van der Waals surface area contributed by atoms with Crippen LogP contribution in [0.4, 0.5) is 0 Å². The van der Waals surface area contributed by atoms with Gasteiger partial charge in [-0.1, -0.05) is 12.8 Å². The van der Waals surface area contributed by atoms with Crippen LogP contribution in [-0.2, 0) is 9.59 Å². The fourth-order valence-corrected chi connectivity index (χ4v) is 1.97. The van der Waals surface area contributed by atoms with Gasteiger partial charge in [0.05, 0.1) is 0 Å². The molecule has 0 spiro atoms. The van der Waals surface area contributed by atoms with E-state index in [0.29, 0.717) is 13.0 Å². The summed E-state index contributed by atoms with van der Waals surface area (Å²) in [5, 5.41) is 9.04. The lowest BCUT2D eigenvalue weighted by Gasteiger charge is -2.25. The Morgan fingerprint density at radius 3 is 2.67 bits per heavy atom. The molecule has 1 rings (SSSR count). The van der Waals surface area contributed by atoms with Crippen molar-refractivity contribution in [1.29, 1.82) is 0 Å². The van der Waals surface area contributed by atoms with Crippen LogP contribution >= 0.6 is 0 Å². The number of primary amides is 1. The second kappa shape index (κ2) is 5.70. The van der Waals surface area contributed by atoms with Crippen molar-refractivity contribution in [3.05, 3.63) is 0 Å². The minimum absolute atomic E-state index is 0.240. The summed E-state index contributed by atoms with van der Waals surface area (Å²) >= 11 is 0. The molecule has 5 nitrogen and oxygen atoms in total. The topological polar surface area (TPSA) is 83.6 Å². The lowest BCUT2D eigenvalue weighted by molar-refractivity contribution is -0.143. The molecule has 1 heterocycles. The third-order valence-electron chi connectivity index (χ3n) is 2.79. The van der Waals surface area contributed by atoms with Gasteiger partial charge in [-0.3, -0.25) is 14.5 Å². The van der Waals surface area contributed by atoms with Gasteiger partial charge in [-0.05, 0) is 19.4 Å². The fourth-order valence-electron chi connectivity index (χ4n) is 1.97. The molecule has 5 heteroatoms. The number of hydrogen-bond donors (Lipinski definition) is 2. The zero-order chi connectivity index (χ0) is 11.3. The average Bonchev–Trinajstić information content (AvgIpc) is 2.39. The summed E-state index contributed by atoms with van der Waals surface area (Å²) in [6.07, 6.45) is 3.93. The van der Waals surface area contributed by atoms with Crippen LogP contribution in [0, 0.1) is 0 Å². The van der Waals surface area contributed by atoms with Gasteiger partial charge in [0.15, 0.2) is 0 Å². The van der Waals surface area contributed by atoms with Crippen molar-refractivity contribution in [2.24, 2.45) is 5.73 Å². The third kappa shape index (κ3) is 3.87. The van der Waals surface area contributed by atoms with Gasteiger partial charge in [0.25, 0.3) is 0 Å². The Labute approximate surface area is 89.2 Å². The SMILES string of the molecule is NC(=O)CCN1CCCCCC1C(=O)O. The lowest BCUT2D eigenvalue weighted by Crippen LogP contribution is -2.42. The molecule has 86 valence electrons. The molecule has 0 saturated carbocycles. The second-order valence-corrected chi connectivity index (χ2v) is 3.96. The highest BCUT2D eigenvalue weighted by molar-refractivity contribution is 5.75. The Kier molecular flexibility index (Phi) is 4.55. The van der Waals surface area contributed by atoms with Crippen LogP contribution in [-0.4, -0.2) is 41.0 Å². The van der Waals surface area contributed by atoms with Crippen molar-refractivity contribution in [3.8, 4) is 0 Å². The van der Waals surface area contributed by atoms with E-state index in [1.54, 1.807) is 0 Å². The Morgan fingerprint density at radius 2 is 2.07 bits per heavy atom. The van der Waals surface area contributed by atoms with Crippen molar-refractivity contribution >= 4 is 11.9 Å². The van der Waals surface area contributed by atoms with E-state index in [1.807, 2.05) is 4.90 Å². The van der Waals surface area contributed by atoms with Crippen LogP contribution in [0.3, 0.4) is 0 Å². The van der Waals surface area contributed by atoms with Gasteiger partial charge in [-0.2, -0.15) is 0 Å². The zero-order valence-electron chi connectivity index (χ0n) is 8.82. The van der Waals surface area contributed by atoms with Gasteiger partial charge in [-0.15, -0.1) is 0 Å². The van der Waals surface area contributed by atoms with E-state index in [0.717, 1.165) is 25.8 Å². The lowest BCUT2D eigenvalue weighted by atomic mass is 10.1. The highest BCUT2D eigenvalue weighted by atomic mass is 16.4. The predicted molar refractivity (Wildman–Crippen MR) is 55.3 cm³/mol. The number of nitrogens with two attached hydrogens (primary N) is 1. The highest BCUT2D eigenvalue weighted by Crippen LogP contribution is 2.17. The normalized spacial score (nSPS) is 23.3. The second-order valence-electron chi connectivity index (χ2n) is 3.96. The number of aliphatic carboxylic acids is 1. The average molecular weight is 214 g/mol. The van der Waals surface area contributed by atoms with Gasteiger partial charge in [-0.25, -0.2) is 0 Å². The van der Waals surface area contributed by atoms with Crippen LogP contribution in [0.5, 0.6) is 0 Å². The van der Waals surface area contributed by atoms with Crippen molar-refractivity contribution in [3.63, 3.8) is 0 Å². The van der Waals surface area contributed by atoms with Gasteiger partial charge < -0.3 is 10.8 Å². The first kappa shape index (κ1) is 12.0. The number of amides is 1. The summed E-state index contributed by atoms with van der Waals surface area (Å²) in [4.78, 5) is 23.5. The maximum atomic E-state index is 11.0. The van der Waals surface area contributed by atoms with Crippen LogP contribution < -0.4 is 5.73 Å². The Hall–Kier alpha value is -1.10. The molecule has 1 atom stereocenters. The quantitative estimate of drug-likeness (QED) is 0.699. The number of carbonyl (C=O) groups excluding carboxylic acids is 1. The summed E-state index contributed by atoms with van der Waals surface area (Å²) in [6, 6.07) is -0.438. The first-order chi connectivity index (χ1) is 7.11. The van der Waals surface area contributed by atoms with Crippen LogP contribution in [0.2, 0.25) is 0 Å². The summed E-state index contributed by atoms with van der Waals surface area (Å²) < 4.78 is 0. The van der Waals surface area contributed by atoms with Crippen molar-refractivity contribution in [2.75, 3.05) is 13.1 Å². The Balaban J connectivity index is 2.54. The molecule has 0 aromatic heterocycles. The summed E-state index contributed by atoms with van der Waals surface area (Å²) in [5.41, 5.74) is 5.06. The third-order valence-corrected chi connectivity index (χ3v) is 2.79. The molecular weight excluding hydrogens is 196 g/mol. The van der Waals surface area contributed by atoms with Crippen LogP contribution in [0.1, 0.15) is 32.1 Å². The molecule has 1 fully saturated rings. The van der Waals surface area contributed by atoms with Crippen LogP contribution in [0.25, 0.3) is 0 Å². The Morgan fingerprint density at radius 1 is 1.33 bits per heavy atom. The number of carboxylic acid groups (broad SMARTS) is 1. The van der Waals surface area contributed by atoms with Crippen molar-refractivity contribution in [1.82, 2.24) is 4.90 Å². The number of rotatable bonds is 4. The van der Waals surface area contributed by atoms with Gasteiger partial charge >= 0.3 is 5.97 Å². The smallest absolute Gasteiger partial charge is 0.320 e. The number of carboxylic acids is 1. The Bertz CT molecular complexity index is 243. The molecule has 1 unspecified atom stereocenters. The zero-order valence-corrected chi connectivity index (χ0v) is 8.82. The van der Waals surface area contributed by atoms with E-state index in [1.165, 1.54) is 0 Å². The maximum absolute atomic E-state index is 11.0. The highest BCUT2D eigenvalue weighted by Gasteiger charge is 2.26. The van der Waals surface area contributed by atoms with E-state index in [2.05, 4.69) is 0 Å². The fraction of sp³-hybridized carbons (Fsp3) is 0.800. The largest absolute Gasteiger partial charge is 0.480 e. The molecule has 0 aromatic rings. The predicted octanol–water partition coefficient (Wildman–Crippen LogP) is 0.191. The van der Waals surface area contributed by atoms with E-state index >= 15 is 0 Å². The standard InChI is InChI=1S/C10H18N2O3/c11-9(13)5-7-12-6-3-1-2-4-8(12)10(14)15/h8H,1-7H2,(H2,11,13)(H,14,15). The van der Waals surface area contributed by atoms with Gasteiger partial charge in [0.1, 0.15) is 6.04 Å². The first-order valence-electron chi connectivity index (χ1n) is 5.36. The molecule has 1 aliphatic rings. The molecule has 3 N–H and O–H groups in total. The number of carbonyl (C=O) groups is 2. The first-order valence-corrected chi connectivity index (χ1v) is 5.36. The summed E-state index contributed by atoms with van der Waals surface area (Å²) in [7, 11) is 0. The molecule has 0 aromatic carbocycles.